The second-order valence-corrected chi connectivity index (χ2v) is 8.47. The van der Waals surface area contributed by atoms with Gasteiger partial charge in [-0.3, -0.25) is 9.59 Å². The molecule has 0 bridgehead atoms. The summed E-state index contributed by atoms with van der Waals surface area (Å²) in [7, 11) is 0. The van der Waals surface area contributed by atoms with Crippen molar-refractivity contribution in [2.45, 2.75) is 39.3 Å². The van der Waals surface area contributed by atoms with Gasteiger partial charge < -0.3 is 19.4 Å². The quantitative estimate of drug-likeness (QED) is 0.463. The molecule has 0 radical (unpaired) electrons. The highest BCUT2D eigenvalue weighted by molar-refractivity contribution is 5.96. The van der Waals surface area contributed by atoms with E-state index >= 15 is 0 Å². The van der Waals surface area contributed by atoms with Crippen molar-refractivity contribution < 1.29 is 27.9 Å². The molecule has 1 aliphatic heterocycles. The van der Waals surface area contributed by atoms with Gasteiger partial charge in [0.1, 0.15) is 11.6 Å². The molecule has 0 fully saturated rings. The number of esters is 1. The van der Waals surface area contributed by atoms with Crippen LogP contribution in [0.15, 0.2) is 82.6 Å². The van der Waals surface area contributed by atoms with Gasteiger partial charge in [-0.25, -0.2) is 9.18 Å². The first-order valence-corrected chi connectivity index (χ1v) is 11.7. The molecule has 0 aliphatic carbocycles. The number of furan rings is 1. The third-order valence-corrected chi connectivity index (χ3v) is 6.10. The third kappa shape index (κ3) is 5.54. The second-order valence-electron chi connectivity index (χ2n) is 8.47. The largest absolute Gasteiger partial charge is 0.467 e. The number of hydrogen-bond donors (Lipinski definition) is 1. The number of carbonyl (C=O) groups excluding carboxylic acids is 3. The molecule has 1 N–H and O–H groups in total. The van der Waals surface area contributed by atoms with Crippen LogP contribution in [0.3, 0.4) is 0 Å². The molecular weight excluding hydrogens is 463 g/mol. The molecular formula is C28H27FN2O5. The zero-order valence-electron chi connectivity index (χ0n) is 20.1. The van der Waals surface area contributed by atoms with Crippen molar-refractivity contribution in [1.82, 2.24) is 10.2 Å². The van der Waals surface area contributed by atoms with Crippen molar-refractivity contribution >= 4 is 17.8 Å². The summed E-state index contributed by atoms with van der Waals surface area (Å²) >= 11 is 0. The van der Waals surface area contributed by atoms with E-state index in [0.717, 1.165) is 5.56 Å². The lowest BCUT2D eigenvalue weighted by Gasteiger charge is -2.34. The molecule has 36 heavy (non-hydrogen) atoms. The highest BCUT2D eigenvalue weighted by atomic mass is 19.1. The maximum Gasteiger partial charge on any atom is 0.336 e. The van der Waals surface area contributed by atoms with Gasteiger partial charge in [0.05, 0.1) is 31.5 Å². The number of nitrogens with zero attached hydrogens (tertiary/aromatic N) is 1. The molecule has 0 saturated heterocycles. The van der Waals surface area contributed by atoms with Crippen molar-refractivity contribution in [1.29, 1.82) is 0 Å². The summed E-state index contributed by atoms with van der Waals surface area (Å²) in [5, 5.41) is 2.80. The van der Waals surface area contributed by atoms with Crippen molar-refractivity contribution in [3.63, 3.8) is 0 Å². The summed E-state index contributed by atoms with van der Waals surface area (Å²) in [4.78, 5) is 40.3. The van der Waals surface area contributed by atoms with E-state index in [1.54, 1.807) is 56.3 Å². The highest BCUT2D eigenvalue weighted by Gasteiger charge is 2.37. The molecule has 186 valence electrons. The first kappa shape index (κ1) is 24.9. The number of hydrogen-bond acceptors (Lipinski definition) is 5. The number of amides is 2. The van der Waals surface area contributed by atoms with E-state index in [9.17, 15) is 18.8 Å². The van der Waals surface area contributed by atoms with E-state index in [1.807, 2.05) is 6.07 Å². The molecule has 0 spiro atoms. The van der Waals surface area contributed by atoms with E-state index in [0.29, 0.717) is 28.2 Å². The Morgan fingerprint density at radius 3 is 2.67 bits per heavy atom. The summed E-state index contributed by atoms with van der Waals surface area (Å²) in [6, 6.07) is 16.4. The zero-order valence-corrected chi connectivity index (χ0v) is 20.1. The fraction of sp³-hybridized carbons (Fsp3) is 0.250. The number of allylic oxidation sites excluding steroid dienone is 1. The lowest BCUT2D eigenvalue weighted by molar-refractivity contribution is -0.140. The van der Waals surface area contributed by atoms with E-state index in [1.165, 1.54) is 23.3 Å². The molecule has 1 aromatic heterocycles. The zero-order chi connectivity index (χ0) is 25.7. The van der Waals surface area contributed by atoms with Gasteiger partial charge in [0.25, 0.3) is 5.91 Å². The average Bonchev–Trinajstić information content (AvgIpc) is 3.39. The van der Waals surface area contributed by atoms with Crippen LogP contribution in [0.2, 0.25) is 0 Å². The fourth-order valence-electron chi connectivity index (χ4n) is 4.36. The van der Waals surface area contributed by atoms with Crippen LogP contribution in [0.1, 0.15) is 53.4 Å². The molecule has 2 aromatic carbocycles. The van der Waals surface area contributed by atoms with Gasteiger partial charge in [-0.1, -0.05) is 24.3 Å². The van der Waals surface area contributed by atoms with Crippen LogP contribution in [0, 0.1) is 5.82 Å². The maximum absolute atomic E-state index is 13.9. The van der Waals surface area contributed by atoms with Crippen LogP contribution >= 0.6 is 0 Å². The first-order chi connectivity index (χ1) is 17.4. The van der Waals surface area contributed by atoms with Crippen LogP contribution in [-0.4, -0.2) is 29.3 Å². The third-order valence-electron chi connectivity index (χ3n) is 6.10. The van der Waals surface area contributed by atoms with Gasteiger partial charge in [0.2, 0.25) is 5.91 Å². The van der Waals surface area contributed by atoms with Crippen LogP contribution in [-0.2, 0) is 27.4 Å². The number of rotatable bonds is 8. The van der Waals surface area contributed by atoms with E-state index in [4.69, 9.17) is 9.15 Å². The number of benzene rings is 2. The monoisotopic (exact) mass is 490 g/mol. The summed E-state index contributed by atoms with van der Waals surface area (Å²) in [6.07, 6.45) is 1.54. The smallest absolute Gasteiger partial charge is 0.336 e. The maximum atomic E-state index is 13.9. The summed E-state index contributed by atoms with van der Waals surface area (Å²) < 4.78 is 24.5. The average molecular weight is 491 g/mol. The second kappa shape index (κ2) is 11.0. The predicted octanol–water partition coefficient (Wildman–Crippen LogP) is 4.70. The van der Waals surface area contributed by atoms with Crippen molar-refractivity contribution in [2.75, 3.05) is 6.61 Å². The molecule has 1 unspecified atom stereocenters. The SMILES string of the molecule is CCOC(=O)C1=C(C)N(Cc2cccc(C(=O)NCc3ccco3)c2)C(=O)CC1c1cccc(F)c1. The highest BCUT2D eigenvalue weighted by Crippen LogP contribution is 2.38. The van der Waals surface area contributed by atoms with Crippen molar-refractivity contribution in [3.8, 4) is 0 Å². The van der Waals surface area contributed by atoms with Gasteiger partial charge >= 0.3 is 5.97 Å². The summed E-state index contributed by atoms with van der Waals surface area (Å²) in [6.45, 7) is 4.00. The number of nitrogens with one attached hydrogen (secondary N) is 1. The molecule has 2 amide bonds. The predicted molar refractivity (Wildman–Crippen MR) is 130 cm³/mol. The van der Waals surface area contributed by atoms with Crippen LogP contribution in [0.4, 0.5) is 4.39 Å². The number of ether oxygens (including phenoxy) is 1. The molecule has 3 aromatic rings. The molecule has 7 nitrogen and oxygen atoms in total. The molecule has 2 heterocycles. The topological polar surface area (TPSA) is 88.8 Å². The standard InChI is InChI=1S/C28H27FN2O5/c1-3-35-28(34)26-18(2)31(25(32)15-24(26)20-8-5-10-22(29)14-20)17-19-7-4-9-21(13-19)27(33)30-16-23-11-6-12-36-23/h4-14,24H,3,15-17H2,1-2H3,(H,30,33). The normalized spacial score (nSPS) is 15.7. The minimum absolute atomic E-state index is 0.00172. The fourth-order valence-corrected chi connectivity index (χ4v) is 4.36. The lowest BCUT2D eigenvalue weighted by Crippen LogP contribution is -2.38. The Morgan fingerprint density at radius 1 is 1.14 bits per heavy atom. The Balaban J connectivity index is 1.59. The molecule has 1 atom stereocenters. The lowest BCUT2D eigenvalue weighted by atomic mass is 9.83. The first-order valence-electron chi connectivity index (χ1n) is 11.7. The van der Waals surface area contributed by atoms with Gasteiger partial charge in [0.15, 0.2) is 0 Å². The van der Waals surface area contributed by atoms with Gasteiger partial charge in [0, 0.05) is 23.6 Å². The Labute approximate surface area is 208 Å². The van der Waals surface area contributed by atoms with Crippen LogP contribution in [0.25, 0.3) is 0 Å². The van der Waals surface area contributed by atoms with Gasteiger partial charge in [-0.2, -0.15) is 0 Å². The van der Waals surface area contributed by atoms with Crippen molar-refractivity contribution in [3.05, 3.63) is 106 Å². The van der Waals surface area contributed by atoms with E-state index < -0.39 is 17.7 Å². The molecule has 1 aliphatic rings. The van der Waals surface area contributed by atoms with Crippen LogP contribution < -0.4 is 5.32 Å². The Bertz CT molecular complexity index is 1300. The summed E-state index contributed by atoms with van der Waals surface area (Å²) in [5.41, 5.74) is 2.48. The number of carbonyl (C=O) groups is 3. The van der Waals surface area contributed by atoms with E-state index in [-0.39, 0.29) is 37.9 Å². The molecule has 0 saturated carbocycles. The van der Waals surface area contributed by atoms with E-state index in [2.05, 4.69) is 5.32 Å². The Morgan fingerprint density at radius 2 is 1.94 bits per heavy atom. The van der Waals surface area contributed by atoms with Gasteiger partial charge in [-0.15, -0.1) is 0 Å². The Hall–Kier alpha value is -4.20. The van der Waals surface area contributed by atoms with Crippen molar-refractivity contribution in [2.24, 2.45) is 0 Å². The number of halogens is 1. The molecule has 4 rings (SSSR count). The summed E-state index contributed by atoms with van der Waals surface area (Å²) in [5.74, 6) is -1.43. The van der Waals surface area contributed by atoms with Gasteiger partial charge in [-0.05, 0) is 61.4 Å². The minimum Gasteiger partial charge on any atom is -0.467 e. The van der Waals surface area contributed by atoms with Crippen LogP contribution in [0.5, 0.6) is 0 Å². The molecule has 8 heteroatoms. The minimum atomic E-state index is -0.609. The Kier molecular flexibility index (Phi) is 7.63.